The van der Waals surface area contributed by atoms with Gasteiger partial charge < -0.3 is 5.32 Å². The van der Waals surface area contributed by atoms with Gasteiger partial charge in [0.1, 0.15) is 5.82 Å². The summed E-state index contributed by atoms with van der Waals surface area (Å²) in [4.78, 5) is 4.49. The smallest absolute Gasteiger partial charge is 0.125 e. The van der Waals surface area contributed by atoms with Crippen LogP contribution in [0.25, 0.3) is 0 Å². The molecule has 114 valence electrons. The highest BCUT2D eigenvalue weighted by molar-refractivity contribution is 5.36. The average Bonchev–Trinajstić information content (AvgIpc) is 2.37. The third-order valence-electron chi connectivity index (χ3n) is 3.64. The SMILES string of the molecule is CC(C)CCCCCCNc1ccc(C(C)(C)C)cn1. The van der Waals surface area contributed by atoms with Crippen LogP contribution in [0.15, 0.2) is 18.3 Å². The Morgan fingerprint density at radius 1 is 1.05 bits per heavy atom. The Bertz CT molecular complexity index is 360. The van der Waals surface area contributed by atoms with Crippen LogP contribution in [0.1, 0.15) is 72.3 Å². The summed E-state index contributed by atoms with van der Waals surface area (Å²) in [6.45, 7) is 12.3. The average molecular weight is 276 g/mol. The van der Waals surface area contributed by atoms with E-state index in [0.717, 1.165) is 18.3 Å². The molecule has 0 atom stereocenters. The molecule has 0 fully saturated rings. The molecule has 0 saturated carbocycles. The maximum absolute atomic E-state index is 4.49. The van der Waals surface area contributed by atoms with Crippen LogP contribution in [0, 0.1) is 5.92 Å². The molecule has 1 aromatic rings. The van der Waals surface area contributed by atoms with E-state index < -0.39 is 0 Å². The second-order valence-electron chi connectivity index (χ2n) is 7.21. The molecule has 0 aliphatic carbocycles. The van der Waals surface area contributed by atoms with Gasteiger partial charge in [-0.05, 0) is 29.4 Å². The second-order valence-corrected chi connectivity index (χ2v) is 7.21. The van der Waals surface area contributed by atoms with Crippen molar-refractivity contribution >= 4 is 5.82 Å². The predicted octanol–water partition coefficient (Wildman–Crippen LogP) is 5.40. The summed E-state index contributed by atoms with van der Waals surface area (Å²) in [5.41, 5.74) is 1.47. The van der Waals surface area contributed by atoms with E-state index >= 15 is 0 Å². The van der Waals surface area contributed by atoms with Crippen LogP contribution in [-0.4, -0.2) is 11.5 Å². The summed E-state index contributed by atoms with van der Waals surface area (Å²) >= 11 is 0. The van der Waals surface area contributed by atoms with Gasteiger partial charge in [0.15, 0.2) is 0 Å². The first-order valence-corrected chi connectivity index (χ1v) is 8.10. The van der Waals surface area contributed by atoms with Gasteiger partial charge in [0.05, 0.1) is 0 Å². The number of aromatic nitrogens is 1. The van der Waals surface area contributed by atoms with E-state index in [4.69, 9.17) is 0 Å². The van der Waals surface area contributed by atoms with Gasteiger partial charge in [-0.3, -0.25) is 0 Å². The molecule has 0 spiro atoms. The van der Waals surface area contributed by atoms with Gasteiger partial charge in [-0.2, -0.15) is 0 Å². The Balaban J connectivity index is 2.16. The van der Waals surface area contributed by atoms with Crippen molar-refractivity contribution in [1.29, 1.82) is 0 Å². The molecule has 1 aromatic heterocycles. The lowest BCUT2D eigenvalue weighted by atomic mass is 9.88. The van der Waals surface area contributed by atoms with Crippen LogP contribution in [0.5, 0.6) is 0 Å². The number of nitrogens with one attached hydrogen (secondary N) is 1. The van der Waals surface area contributed by atoms with E-state index in [-0.39, 0.29) is 5.41 Å². The molecule has 0 unspecified atom stereocenters. The number of hydrogen-bond acceptors (Lipinski definition) is 2. The fraction of sp³-hybridized carbons (Fsp3) is 0.722. The maximum atomic E-state index is 4.49. The summed E-state index contributed by atoms with van der Waals surface area (Å²) in [5.74, 6) is 1.85. The zero-order chi connectivity index (χ0) is 15.0. The first-order valence-electron chi connectivity index (χ1n) is 8.10. The number of anilines is 1. The monoisotopic (exact) mass is 276 g/mol. The van der Waals surface area contributed by atoms with Crippen molar-refractivity contribution in [2.24, 2.45) is 5.92 Å². The van der Waals surface area contributed by atoms with E-state index in [0.29, 0.717) is 0 Å². The van der Waals surface area contributed by atoms with Gasteiger partial charge >= 0.3 is 0 Å². The second kappa shape index (κ2) is 8.28. The molecule has 0 saturated heterocycles. The number of rotatable bonds is 8. The number of unbranched alkanes of at least 4 members (excludes halogenated alkanes) is 3. The summed E-state index contributed by atoms with van der Waals surface area (Å²) in [6.07, 6.45) is 8.64. The van der Waals surface area contributed by atoms with Gasteiger partial charge in [-0.15, -0.1) is 0 Å². The van der Waals surface area contributed by atoms with Crippen molar-refractivity contribution in [3.63, 3.8) is 0 Å². The van der Waals surface area contributed by atoms with Gasteiger partial charge in [0.2, 0.25) is 0 Å². The highest BCUT2D eigenvalue weighted by Crippen LogP contribution is 2.21. The predicted molar refractivity (Wildman–Crippen MR) is 89.3 cm³/mol. The lowest BCUT2D eigenvalue weighted by Crippen LogP contribution is -2.12. The zero-order valence-corrected chi connectivity index (χ0v) is 14.0. The van der Waals surface area contributed by atoms with Crippen LogP contribution in [-0.2, 0) is 5.41 Å². The molecular weight excluding hydrogens is 244 g/mol. The van der Waals surface area contributed by atoms with Crippen molar-refractivity contribution in [1.82, 2.24) is 4.98 Å². The summed E-state index contributed by atoms with van der Waals surface area (Å²) in [7, 11) is 0. The fourth-order valence-corrected chi connectivity index (χ4v) is 2.19. The highest BCUT2D eigenvalue weighted by atomic mass is 15.0. The molecular formula is C18H32N2. The van der Waals surface area contributed by atoms with Crippen molar-refractivity contribution in [2.75, 3.05) is 11.9 Å². The molecule has 0 bridgehead atoms. The van der Waals surface area contributed by atoms with Crippen molar-refractivity contribution in [3.8, 4) is 0 Å². The molecule has 20 heavy (non-hydrogen) atoms. The molecule has 0 radical (unpaired) electrons. The Hall–Kier alpha value is -1.05. The van der Waals surface area contributed by atoms with Crippen LogP contribution in [0.2, 0.25) is 0 Å². The van der Waals surface area contributed by atoms with Gasteiger partial charge in [0.25, 0.3) is 0 Å². The summed E-state index contributed by atoms with van der Waals surface area (Å²) in [5, 5.41) is 3.41. The number of nitrogens with zero attached hydrogens (tertiary/aromatic N) is 1. The summed E-state index contributed by atoms with van der Waals surface area (Å²) < 4.78 is 0. The third kappa shape index (κ3) is 6.93. The number of hydrogen-bond donors (Lipinski definition) is 1. The van der Waals surface area contributed by atoms with E-state index in [1.807, 2.05) is 6.20 Å². The Kier molecular flexibility index (Phi) is 7.04. The minimum absolute atomic E-state index is 0.182. The molecule has 0 aliphatic rings. The minimum atomic E-state index is 0.182. The van der Waals surface area contributed by atoms with Crippen LogP contribution < -0.4 is 5.32 Å². The van der Waals surface area contributed by atoms with Crippen LogP contribution in [0.4, 0.5) is 5.82 Å². The summed E-state index contributed by atoms with van der Waals surface area (Å²) in [6, 6.07) is 4.28. The normalized spacial score (nSPS) is 11.9. The molecule has 0 aliphatic heterocycles. The van der Waals surface area contributed by atoms with Gasteiger partial charge in [0, 0.05) is 12.7 Å². The van der Waals surface area contributed by atoms with Gasteiger partial charge in [-0.1, -0.05) is 66.4 Å². The first-order chi connectivity index (χ1) is 9.39. The minimum Gasteiger partial charge on any atom is -0.370 e. The molecule has 1 N–H and O–H groups in total. The van der Waals surface area contributed by atoms with Crippen molar-refractivity contribution < 1.29 is 0 Å². The van der Waals surface area contributed by atoms with Crippen molar-refractivity contribution in [2.45, 2.75) is 72.1 Å². The molecule has 2 heteroatoms. The highest BCUT2D eigenvalue weighted by Gasteiger charge is 2.13. The third-order valence-corrected chi connectivity index (χ3v) is 3.64. The lowest BCUT2D eigenvalue weighted by molar-refractivity contribution is 0.523. The van der Waals surface area contributed by atoms with E-state index in [9.17, 15) is 0 Å². The van der Waals surface area contributed by atoms with E-state index in [1.165, 1.54) is 37.7 Å². The van der Waals surface area contributed by atoms with E-state index in [2.05, 4.69) is 57.1 Å². The molecule has 2 nitrogen and oxygen atoms in total. The maximum Gasteiger partial charge on any atom is 0.125 e. The molecule has 0 aromatic carbocycles. The van der Waals surface area contributed by atoms with E-state index in [1.54, 1.807) is 0 Å². The van der Waals surface area contributed by atoms with Gasteiger partial charge in [-0.25, -0.2) is 4.98 Å². The Labute approximate surface area is 125 Å². The largest absolute Gasteiger partial charge is 0.370 e. The quantitative estimate of drug-likeness (QED) is 0.643. The lowest BCUT2D eigenvalue weighted by Gasteiger charge is -2.18. The Morgan fingerprint density at radius 2 is 1.75 bits per heavy atom. The molecule has 1 heterocycles. The first kappa shape index (κ1) is 17.0. The number of pyridine rings is 1. The standard InChI is InChI=1S/C18H32N2/c1-15(2)10-8-6-7-9-13-19-17-12-11-16(14-20-17)18(3,4)5/h11-12,14-15H,6-10,13H2,1-5H3,(H,19,20). The Morgan fingerprint density at radius 3 is 2.30 bits per heavy atom. The van der Waals surface area contributed by atoms with Crippen LogP contribution >= 0.6 is 0 Å². The molecule has 0 amide bonds. The zero-order valence-electron chi connectivity index (χ0n) is 14.0. The van der Waals surface area contributed by atoms with Crippen molar-refractivity contribution in [3.05, 3.63) is 23.9 Å². The topological polar surface area (TPSA) is 24.9 Å². The van der Waals surface area contributed by atoms with Crippen LogP contribution in [0.3, 0.4) is 0 Å². The molecule has 1 rings (SSSR count). The fourth-order valence-electron chi connectivity index (χ4n) is 2.19.